The highest BCUT2D eigenvalue weighted by atomic mass is 16.5. The van der Waals surface area contributed by atoms with Gasteiger partial charge in [0.1, 0.15) is 18.2 Å². The molecule has 0 saturated heterocycles. The molecule has 6 heteroatoms. The number of aromatic nitrogens is 2. The van der Waals surface area contributed by atoms with Gasteiger partial charge in [0.05, 0.1) is 12.5 Å². The van der Waals surface area contributed by atoms with Crippen LogP contribution in [-0.4, -0.2) is 30.7 Å². The second-order valence-corrected chi connectivity index (χ2v) is 4.40. The van der Waals surface area contributed by atoms with Crippen LogP contribution in [-0.2, 0) is 17.9 Å². The minimum Gasteiger partial charge on any atom is -0.472 e. The molecule has 2 aromatic heterocycles. The van der Waals surface area contributed by atoms with E-state index in [0.29, 0.717) is 19.0 Å². The summed E-state index contributed by atoms with van der Waals surface area (Å²) in [6.45, 7) is 3.74. The maximum atomic E-state index is 5.37. The monoisotopic (exact) mass is 276 g/mol. The predicted octanol–water partition coefficient (Wildman–Crippen LogP) is 2.28. The van der Waals surface area contributed by atoms with Crippen LogP contribution in [0.25, 0.3) is 0 Å². The number of anilines is 2. The maximum absolute atomic E-state index is 5.37. The molecule has 0 unspecified atom stereocenters. The topological polar surface area (TPSA) is 63.4 Å². The molecule has 0 spiro atoms. The van der Waals surface area contributed by atoms with Gasteiger partial charge in [-0.1, -0.05) is 0 Å². The lowest BCUT2D eigenvalue weighted by atomic mass is 10.3. The smallest absolute Gasteiger partial charge is 0.158 e. The lowest BCUT2D eigenvalue weighted by Gasteiger charge is -2.18. The molecule has 20 heavy (non-hydrogen) atoms. The third kappa shape index (κ3) is 3.71. The molecule has 2 aromatic rings. The SMILES string of the molecule is CCOCc1nc(NC)cc(N(C)Cc2ccoc2)n1. The molecule has 0 fully saturated rings. The Labute approximate surface area is 118 Å². The largest absolute Gasteiger partial charge is 0.472 e. The highest BCUT2D eigenvalue weighted by Gasteiger charge is 2.09. The lowest BCUT2D eigenvalue weighted by molar-refractivity contribution is 0.128. The van der Waals surface area contributed by atoms with Gasteiger partial charge in [0.2, 0.25) is 0 Å². The molecule has 6 nitrogen and oxygen atoms in total. The third-order valence-electron chi connectivity index (χ3n) is 2.84. The molecule has 0 radical (unpaired) electrons. The van der Waals surface area contributed by atoms with Crippen LogP contribution in [0.1, 0.15) is 18.3 Å². The maximum Gasteiger partial charge on any atom is 0.158 e. The van der Waals surface area contributed by atoms with Crippen molar-refractivity contribution in [2.75, 3.05) is 30.9 Å². The van der Waals surface area contributed by atoms with Crippen LogP contribution in [0.2, 0.25) is 0 Å². The van der Waals surface area contributed by atoms with Gasteiger partial charge in [0, 0.05) is 38.9 Å². The van der Waals surface area contributed by atoms with E-state index in [1.54, 1.807) is 12.5 Å². The van der Waals surface area contributed by atoms with Crippen molar-refractivity contribution in [2.45, 2.75) is 20.1 Å². The van der Waals surface area contributed by atoms with Gasteiger partial charge in [-0.15, -0.1) is 0 Å². The van der Waals surface area contributed by atoms with Crippen molar-refractivity contribution in [3.8, 4) is 0 Å². The normalized spacial score (nSPS) is 10.6. The van der Waals surface area contributed by atoms with Crippen LogP contribution in [0, 0.1) is 0 Å². The first-order chi connectivity index (χ1) is 9.72. The van der Waals surface area contributed by atoms with Gasteiger partial charge < -0.3 is 19.4 Å². The summed E-state index contributed by atoms with van der Waals surface area (Å²) in [7, 11) is 3.83. The Bertz CT molecular complexity index is 528. The van der Waals surface area contributed by atoms with Crippen LogP contribution < -0.4 is 10.2 Å². The first-order valence-corrected chi connectivity index (χ1v) is 6.58. The number of rotatable bonds is 7. The van der Waals surface area contributed by atoms with E-state index in [9.17, 15) is 0 Å². The van der Waals surface area contributed by atoms with Gasteiger partial charge in [0.15, 0.2) is 5.82 Å². The summed E-state index contributed by atoms with van der Waals surface area (Å²) in [6.07, 6.45) is 3.40. The average molecular weight is 276 g/mol. The second kappa shape index (κ2) is 6.91. The first kappa shape index (κ1) is 14.3. The van der Waals surface area contributed by atoms with Gasteiger partial charge in [-0.2, -0.15) is 0 Å². The van der Waals surface area contributed by atoms with E-state index in [-0.39, 0.29) is 0 Å². The van der Waals surface area contributed by atoms with Crippen molar-refractivity contribution in [1.29, 1.82) is 0 Å². The van der Waals surface area contributed by atoms with Gasteiger partial charge in [-0.05, 0) is 13.0 Å². The molecular weight excluding hydrogens is 256 g/mol. The van der Waals surface area contributed by atoms with Crippen molar-refractivity contribution in [1.82, 2.24) is 9.97 Å². The molecule has 0 atom stereocenters. The zero-order valence-electron chi connectivity index (χ0n) is 12.1. The quantitative estimate of drug-likeness (QED) is 0.837. The van der Waals surface area contributed by atoms with Crippen molar-refractivity contribution >= 4 is 11.6 Å². The van der Waals surface area contributed by atoms with Crippen LogP contribution in [0.15, 0.2) is 29.1 Å². The highest BCUT2D eigenvalue weighted by molar-refractivity contribution is 5.48. The van der Waals surface area contributed by atoms with Crippen molar-refractivity contribution in [2.24, 2.45) is 0 Å². The summed E-state index contributed by atoms with van der Waals surface area (Å²) < 4.78 is 10.5. The van der Waals surface area contributed by atoms with E-state index >= 15 is 0 Å². The Kier molecular flexibility index (Phi) is 4.95. The van der Waals surface area contributed by atoms with Crippen LogP contribution >= 0.6 is 0 Å². The molecule has 2 heterocycles. The zero-order chi connectivity index (χ0) is 14.4. The Hall–Kier alpha value is -2.08. The molecule has 0 aliphatic carbocycles. The number of hydrogen-bond acceptors (Lipinski definition) is 6. The summed E-state index contributed by atoms with van der Waals surface area (Å²) in [4.78, 5) is 10.9. The second-order valence-electron chi connectivity index (χ2n) is 4.40. The van der Waals surface area contributed by atoms with E-state index in [4.69, 9.17) is 9.15 Å². The van der Waals surface area contributed by atoms with Gasteiger partial charge in [0.25, 0.3) is 0 Å². The Balaban J connectivity index is 2.16. The molecular formula is C14H20N4O2. The molecule has 1 N–H and O–H groups in total. The standard InChI is InChI=1S/C14H20N4O2/c1-4-19-10-13-16-12(15-2)7-14(17-13)18(3)8-11-5-6-20-9-11/h5-7,9H,4,8,10H2,1-3H3,(H,15,16,17). The first-order valence-electron chi connectivity index (χ1n) is 6.58. The van der Waals surface area contributed by atoms with Crippen molar-refractivity contribution in [3.63, 3.8) is 0 Å². The zero-order valence-corrected chi connectivity index (χ0v) is 12.1. The number of furan rings is 1. The molecule has 0 aliphatic heterocycles. The molecule has 0 bridgehead atoms. The van der Waals surface area contributed by atoms with E-state index < -0.39 is 0 Å². The fourth-order valence-electron chi connectivity index (χ4n) is 1.80. The van der Waals surface area contributed by atoms with E-state index in [1.165, 1.54) is 0 Å². The number of nitrogens with zero attached hydrogens (tertiary/aromatic N) is 3. The Morgan fingerprint density at radius 2 is 2.25 bits per heavy atom. The fraction of sp³-hybridized carbons (Fsp3) is 0.429. The summed E-state index contributed by atoms with van der Waals surface area (Å²) >= 11 is 0. The minimum atomic E-state index is 0.415. The van der Waals surface area contributed by atoms with E-state index in [0.717, 1.165) is 23.7 Å². The molecule has 0 aromatic carbocycles. The number of hydrogen-bond donors (Lipinski definition) is 1. The number of ether oxygens (including phenoxy) is 1. The molecule has 0 saturated carbocycles. The van der Waals surface area contributed by atoms with Crippen molar-refractivity contribution < 1.29 is 9.15 Å². The van der Waals surface area contributed by atoms with Crippen LogP contribution in [0.5, 0.6) is 0 Å². The molecule has 108 valence electrons. The van der Waals surface area contributed by atoms with Gasteiger partial charge in [-0.25, -0.2) is 9.97 Å². The lowest BCUT2D eigenvalue weighted by Crippen LogP contribution is -2.19. The minimum absolute atomic E-state index is 0.415. The van der Waals surface area contributed by atoms with E-state index in [2.05, 4.69) is 15.3 Å². The Morgan fingerprint density at radius 1 is 1.40 bits per heavy atom. The fourth-order valence-corrected chi connectivity index (χ4v) is 1.80. The summed E-state index contributed by atoms with van der Waals surface area (Å²) in [5, 5.41) is 3.05. The van der Waals surface area contributed by atoms with Gasteiger partial charge >= 0.3 is 0 Å². The average Bonchev–Trinajstić information content (AvgIpc) is 2.97. The molecule has 2 rings (SSSR count). The molecule has 0 amide bonds. The number of nitrogens with one attached hydrogen (secondary N) is 1. The highest BCUT2D eigenvalue weighted by Crippen LogP contribution is 2.17. The predicted molar refractivity (Wildman–Crippen MR) is 77.7 cm³/mol. The Morgan fingerprint density at radius 3 is 2.90 bits per heavy atom. The van der Waals surface area contributed by atoms with E-state index in [1.807, 2.05) is 38.1 Å². The molecule has 0 aliphatic rings. The summed E-state index contributed by atoms with van der Waals surface area (Å²) in [6, 6.07) is 3.85. The van der Waals surface area contributed by atoms with Crippen LogP contribution in [0.4, 0.5) is 11.6 Å². The van der Waals surface area contributed by atoms with Crippen molar-refractivity contribution in [3.05, 3.63) is 36.0 Å². The summed E-state index contributed by atoms with van der Waals surface area (Å²) in [5.41, 5.74) is 1.10. The van der Waals surface area contributed by atoms with Crippen LogP contribution in [0.3, 0.4) is 0 Å². The van der Waals surface area contributed by atoms with Gasteiger partial charge in [-0.3, -0.25) is 0 Å². The summed E-state index contributed by atoms with van der Waals surface area (Å²) in [5.74, 6) is 2.30. The third-order valence-corrected chi connectivity index (χ3v) is 2.84.